The predicted octanol–water partition coefficient (Wildman–Crippen LogP) is 4.58. The molecule has 0 unspecified atom stereocenters. The molecule has 2 aromatic rings. The molecule has 0 fully saturated rings. The molecule has 0 aliphatic heterocycles. The average molecular weight is 475 g/mol. The summed E-state index contributed by atoms with van der Waals surface area (Å²) in [6.45, 7) is 10.4. The quantitative estimate of drug-likeness (QED) is 0.199. The van der Waals surface area contributed by atoms with Crippen molar-refractivity contribution in [1.82, 2.24) is 0 Å². The van der Waals surface area contributed by atoms with Crippen molar-refractivity contribution in [3.63, 3.8) is 0 Å². The highest BCUT2D eigenvalue weighted by molar-refractivity contribution is 5.52. The van der Waals surface area contributed by atoms with Gasteiger partial charge in [-0.2, -0.15) is 0 Å². The van der Waals surface area contributed by atoms with E-state index in [0.29, 0.717) is 55.0 Å². The van der Waals surface area contributed by atoms with Gasteiger partial charge in [0.25, 0.3) is 0 Å². The Labute approximate surface area is 202 Å². The van der Waals surface area contributed by atoms with E-state index in [1.54, 1.807) is 18.2 Å². The van der Waals surface area contributed by atoms with Gasteiger partial charge in [-0.25, -0.2) is 0 Å². The topological polar surface area (TPSA) is 73.8 Å². The lowest BCUT2D eigenvalue weighted by molar-refractivity contribution is 0.00605. The maximum Gasteiger partial charge on any atom is 0.189 e. The van der Waals surface area contributed by atoms with Crippen LogP contribution < -0.4 is 18.9 Å². The molecular formula is C26H34O8. The predicted molar refractivity (Wildman–Crippen MR) is 127 cm³/mol. The largest absolute Gasteiger partial charge is 0.467 e. The fraction of sp³-hybridized carbons (Fsp3) is 0.462. The van der Waals surface area contributed by atoms with E-state index in [2.05, 4.69) is 11.8 Å². The van der Waals surface area contributed by atoms with E-state index < -0.39 is 0 Å². The summed E-state index contributed by atoms with van der Waals surface area (Å²) >= 11 is 0. The van der Waals surface area contributed by atoms with Crippen molar-refractivity contribution in [3.05, 3.63) is 47.5 Å². The first-order valence-corrected chi connectivity index (χ1v) is 11.3. The second-order valence-corrected chi connectivity index (χ2v) is 6.62. The molecule has 186 valence electrons. The Hall–Kier alpha value is -2.96. The van der Waals surface area contributed by atoms with E-state index in [1.807, 2.05) is 45.9 Å². The zero-order valence-corrected chi connectivity index (χ0v) is 20.4. The number of hydrogen-bond acceptors (Lipinski definition) is 8. The van der Waals surface area contributed by atoms with Crippen molar-refractivity contribution < 1.29 is 37.9 Å². The normalized spacial score (nSPS) is 10.4. The molecule has 0 aromatic heterocycles. The first kappa shape index (κ1) is 27.3. The van der Waals surface area contributed by atoms with Crippen molar-refractivity contribution in [3.8, 4) is 34.8 Å². The van der Waals surface area contributed by atoms with Crippen LogP contribution in [0.1, 0.15) is 38.8 Å². The number of ether oxygens (including phenoxy) is 8. The maximum absolute atomic E-state index is 5.71. The molecule has 8 nitrogen and oxygen atoms in total. The molecule has 2 rings (SSSR count). The van der Waals surface area contributed by atoms with E-state index >= 15 is 0 Å². The van der Waals surface area contributed by atoms with Crippen LogP contribution in [-0.4, -0.2) is 53.6 Å². The fourth-order valence-electron chi connectivity index (χ4n) is 2.54. The molecule has 0 saturated carbocycles. The van der Waals surface area contributed by atoms with Crippen LogP contribution in [0.25, 0.3) is 0 Å². The molecule has 0 aliphatic rings. The summed E-state index contributed by atoms with van der Waals surface area (Å²) in [4.78, 5) is 0. The second-order valence-electron chi connectivity index (χ2n) is 6.62. The maximum atomic E-state index is 5.71. The monoisotopic (exact) mass is 474 g/mol. The fourth-order valence-corrected chi connectivity index (χ4v) is 2.54. The van der Waals surface area contributed by atoms with Crippen molar-refractivity contribution in [1.29, 1.82) is 0 Å². The smallest absolute Gasteiger partial charge is 0.189 e. The SMILES string of the molecule is CCOCOc1cc(C#Cc2ccc(OCOCC)c(OCOCC)c2)cc(OCOCC)c1. The minimum atomic E-state index is 0.109. The van der Waals surface area contributed by atoms with Gasteiger partial charge in [-0.05, 0) is 58.0 Å². The van der Waals surface area contributed by atoms with E-state index in [9.17, 15) is 0 Å². The van der Waals surface area contributed by atoms with Gasteiger partial charge in [0.05, 0.1) is 0 Å². The molecule has 0 radical (unpaired) electrons. The Bertz CT molecular complexity index is 875. The van der Waals surface area contributed by atoms with Crippen LogP contribution in [0, 0.1) is 11.8 Å². The summed E-state index contributed by atoms with van der Waals surface area (Å²) < 4.78 is 43.8. The first-order chi connectivity index (χ1) is 16.7. The minimum Gasteiger partial charge on any atom is -0.467 e. The van der Waals surface area contributed by atoms with E-state index in [1.165, 1.54) is 0 Å². The van der Waals surface area contributed by atoms with Crippen molar-refractivity contribution in [2.45, 2.75) is 27.7 Å². The van der Waals surface area contributed by atoms with Crippen LogP contribution >= 0.6 is 0 Å². The molecule has 0 amide bonds. The molecule has 0 saturated heterocycles. The van der Waals surface area contributed by atoms with Gasteiger partial charge < -0.3 is 37.9 Å². The van der Waals surface area contributed by atoms with Gasteiger partial charge in [0.1, 0.15) is 11.5 Å². The van der Waals surface area contributed by atoms with E-state index in [-0.39, 0.29) is 27.2 Å². The highest BCUT2D eigenvalue weighted by atomic mass is 16.7. The van der Waals surface area contributed by atoms with Crippen LogP contribution in [0.5, 0.6) is 23.0 Å². The molecule has 0 spiro atoms. The van der Waals surface area contributed by atoms with Crippen molar-refractivity contribution >= 4 is 0 Å². The number of benzene rings is 2. The highest BCUT2D eigenvalue weighted by Crippen LogP contribution is 2.29. The zero-order valence-electron chi connectivity index (χ0n) is 20.4. The van der Waals surface area contributed by atoms with Crippen molar-refractivity contribution in [2.24, 2.45) is 0 Å². The third kappa shape index (κ3) is 10.3. The van der Waals surface area contributed by atoms with Gasteiger partial charge >= 0.3 is 0 Å². The summed E-state index contributed by atoms with van der Waals surface area (Å²) in [6, 6.07) is 10.9. The Morgan fingerprint density at radius 2 is 0.971 bits per heavy atom. The van der Waals surface area contributed by atoms with Crippen LogP contribution in [0.4, 0.5) is 0 Å². The number of hydrogen-bond donors (Lipinski definition) is 0. The van der Waals surface area contributed by atoms with Crippen LogP contribution in [0.15, 0.2) is 36.4 Å². The standard InChI is InChI=1S/C26H34O8/c1-5-27-17-31-23-13-22(14-24(16-23)32-18-28-6-2)10-9-21-11-12-25(33-19-29-7-3)26(15-21)34-20-30-8-4/h11-16H,5-8,17-20H2,1-4H3. The molecular weight excluding hydrogens is 440 g/mol. The third-order valence-corrected chi connectivity index (χ3v) is 4.20. The van der Waals surface area contributed by atoms with Gasteiger partial charge in [-0.15, -0.1) is 0 Å². The van der Waals surface area contributed by atoms with Gasteiger partial charge in [0.2, 0.25) is 0 Å². The average Bonchev–Trinajstić information content (AvgIpc) is 2.84. The van der Waals surface area contributed by atoms with Gasteiger partial charge in [0, 0.05) is 43.6 Å². The van der Waals surface area contributed by atoms with E-state index in [4.69, 9.17) is 37.9 Å². The second kappa shape index (κ2) is 16.6. The molecule has 34 heavy (non-hydrogen) atoms. The molecule has 8 heteroatoms. The molecule has 0 aliphatic carbocycles. The Kier molecular flexibility index (Phi) is 13.3. The van der Waals surface area contributed by atoms with Crippen LogP contribution in [-0.2, 0) is 18.9 Å². The summed E-state index contributed by atoms with van der Waals surface area (Å²) in [5.74, 6) is 8.54. The van der Waals surface area contributed by atoms with Crippen LogP contribution in [0.3, 0.4) is 0 Å². The molecule has 0 heterocycles. The lowest BCUT2D eigenvalue weighted by atomic mass is 10.1. The lowest BCUT2D eigenvalue weighted by Crippen LogP contribution is -2.06. The summed E-state index contributed by atoms with van der Waals surface area (Å²) in [5, 5.41) is 0. The van der Waals surface area contributed by atoms with Gasteiger partial charge in [-0.3, -0.25) is 0 Å². The molecule has 0 atom stereocenters. The highest BCUT2D eigenvalue weighted by Gasteiger charge is 2.07. The van der Waals surface area contributed by atoms with Crippen molar-refractivity contribution in [2.75, 3.05) is 53.6 Å². The first-order valence-electron chi connectivity index (χ1n) is 11.3. The van der Waals surface area contributed by atoms with Gasteiger partial charge in [0.15, 0.2) is 38.7 Å². The summed E-state index contributed by atoms with van der Waals surface area (Å²) in [6.07, 6.45) is 0. The molecule has 2 aromatic carbocycles. The third-order valence-electron chi connectivity index (χ3n) is 4.20. The zero-order chi connectivity index (χ0) is 24.4. The molecule has 0 bridgehead atoms. The van der Waals surface area contributed by atoms with E-state index in [0.717, 1.165) is 5.56 Å². The Balaban J connectivity index is 2.23. The van der Waals surface area contributed by atoms with Gasteiger partial charge in [-0.1, -0.05) is 11.8 Å². The summed E-state index contributed by atoms with van der Waals surface area (Å²) in [7, 11) is 0. The number of rotatable bonds is 16. The Morgan fingerprint density at radius 3 is 1.50 bits per heavy atom. The minimum absolute atomic E-state index is 0.109. The van der Waals surface area contributed by atoms with Crippen LogP contribution in [0.2, 0.25) is 0 Å². The summed E-state index contributed by atoms with van der Waals surface area (Å²) in [5.41, 5.74) is 1.46. The lowest BCUT2D eigenvalue weighted by Gasteiger charge is -2.13. The Morgan fingerprint density at radius 1 is 0.500 bits per heavy atom. The molecule has 0 N–H and O–H groups in total.